The molecule has 19 heavy (non-hydrogen) atoms. The Morgan fingerprint density at radius 2 is 1.84 bits per heavy atom. The molecule has 0 aromatic carbocycles. The van der Waals surface area contributed by atoms with E-state index in [0.717, 1.165) is 11.3 Å². The molecule has 2 nitrogen and oxygen atoms in total. The summed E-state index contributed by atoms with van der Waals surface area (Å²) in [5.41, 5.74) is 2.49. The van der Waals surface area contributed by atoms with E-state index in [1.807, 2.05) is 57.2 Å². The first kappa shape index (κ1) is 17.0. The first-order chi connectivity index (χ1) is 9.04. The fraction of sp³-hybridized carbons (Fsp3) is 0.294. The minimum absolute atomic E-state index is 0.0900. The lowest BCUT2D eigenvalue weighted by atomic mass is 10.1. The van der Waals surface area contributed by atoms with Gasteiger partial charge in [-0.2, -0.15) is 0 Å². The van der Waals surface area contributed by atoms with Gasteiger partial charge in [-0.05, 0) is 32.9 Å². The van der Waals surface area contributed by atoms with Crippen molar-refractivity contribution in [2.24, 2.45) is 4.99 Å². The molecule has 0 aliphatic heterocycles. The first-order valence-electron chi connectivity index (χ1n) is 6.34. The van der Waals surface area contributed by atoms with Crippen LogP contribution in [-0.2, 0) is 4.79 Å². The maximum atomic E-state index is 12.0. The normalized spacial score (nSPS) is 13.9. The van der Waals surface area contributed by atoms with Crippen molar-refractivity contribution in [2.45, 2.75) is 27.2 Å². The van der Waals surface area contributed by atoms with Gasteiger partial charge in [0.25, 0.3) is 0 Å². The van der Waals surface area contributed by atoms with Crippen LogP contribution in [0, 0.1) is 0 Å². The van der Waals surface area contributed by atoms with Crippen molar-refractivity contribution in [1.29, 1.82) is 0 Å². The second-order valence-electron chi connectivity index (χ2n) is 4.10. The summed E-state index contributed by atoms with van der Waals surface area (Å²) in [6, 6.07) is 0. The largest absolute Gasteiger partial charge is 0.294 e. The summed E-state index contributed by atoms with van der Waals surface area (Å²) in [7, 11) is 1.73. The molecule has 0 radical (unpaired) electrons. The predicted octanol–water partition coefficient (Wildman–Crippen LogP) is 4.23. The van der Waals surface area contributed by atoms with Crippen molar-refractivity contribution >= 4 is 11.5 Å². The van der Waals surface area contributed by atoms with Gasteiger partial charge in [0.15, 0.2) is 5.78 Å². The van der Waals surface area contributed by atoms with Crippen LogP contribution in [0.15, 0.2) is 65.2 Å². The molecule has 0 atom stereocenters. The smallest absolute Gasteiger partial charge is 0.166 e. The lowest BCUT2D eigenvalue weighted by molar-refractivity contribution is -0.114. The van der Waals surface area contributed by atoms with Gasteiger partial charge in [0.1, 0.15) is 0 Å². The zero-order valence-corrected chi connectivity index (χ0v) is 12.3. The maximum absolute atomic E-state index is 12.0. The number of allylic oxidation sites excluding steroid dienone is 9. The molecule has 0 bridgehead atoms. The van der Waals surface area contributed by atoms with Crippen molar-refractivity contribution in [3.8, 4) is 0 Å². The lowest BCUT2D eigenvalue weighted by Gasteiger charge is -1.98. The van der Waals surface area contributed by atoms with Crippen molar-refractivity contribution in [3.63, 3.8) is 0 Å². The molecule has 0 fully saturated rings. The van der Waals surface area contributed by atoms with Gasteiger partial charge >= 0.3 is 0 Å². The van der Waals surface area contributed by atoms with E-state index in [9.17, 15) is 4.79 Å². The fourth-order valence-electron chi connectivity index (χ4n) is 1.36. The molecule has 0 aromatic heterocycles. The van der Waals surface area contributed by atoms with E-state index in [4.69, 9.17) is 0 Å². The minimum atomic E-state index is 0.0900. The summed E-state index contributed by atoms with van der Waals surface area (Å²) in [6.07, 6.45) is 13.3. The SMILES string of the molecule is C=C(C)/C=C\C(=C/C)C(=O)C/C=C\C(/C=C/C)=NC. The van der Waals surface area contributed by atoms with Crippen LogP contribution < -0.4 is 0 Å². The highest BCUT2D eigenvalue weighted by Gasteiger charge is 2.02. The molecule has 0 N–H and O–H groups in total. The molecule has 0 heterocycles. The molecule has 0 aliphatic carbocycles. The summed E-state index contributed by atoms with van der Waals surface area (Å²) in [5.74, 6) is 0.0900. The number of rotatable bonds is 7. The third-order valence-corrected chi connectivity index (χ3v) is 2.37. The Morgan fingerprint density at radius 3 is 2.32 bits per heavy atom. The third-order valence-electron chi connectivity index (χ3n) is 2.37. The fourth-order valence-corrected chi connectivity index (χ4v) is 1.36. The Labute approximate surface area is 116 Å². The van der Waals surface area contributed by atoms with Gasteiger partial charge in [-0.1, -0.05) is 42.5 Å². The number of hydrogen-bond donors (Lipinski definition) is 0. The van der Waals surface area contributed by atoms with Crippen molar-refractivity contribution in [1.82, 2.24) is 0 Å². The number of carbonyl (C=O) groups is 1. The summed E-state index contributed by atoms with van der Waals surface area (Å²) < 4.78 is 0. The first-order valence-corrected chi connectivity index (χ1v) is 6.34. The number of nitrogens with zero attached hydrogens (tertiary/aromatic N) is 1. The van der Waals surface area contributed by atoms with Crippen LogP contribution in [0.5, 0.6) is 0 Å². The molecule has 0 spiro atoms. The number of aliphatic imine (C=N–C) groups is 1. The molecule has 0 rings (SSSR count). The quantitative estimate of drug-likeness (QED) is 0.381. The summed E-state index contributed by atoms with van der Waals surface area (Å²) in [4.78, 5) is 16.0. The molecule has 102 valence electrons. The number of Topliss-reactive ketones (excluding diaryl/α,β-unsaturated/α-hetero) is 1. The second-order valence-corrected chi connectivity index (χ2v) is 4.10. The van der Waals surface area contributed by atoms with Crippen LogP contribution >= 0.6 is 0 Å². The van der Waals surface area contributed by atoms with Gasteiger partial charge in [-0.3, -0.25) is 9.79 Å². The Kier molecular flexibility index (Phi) is 8.98. The molecule has 2 heteroatoms. The van der Waals surface area contributed by atoms with Crippen LogP contribution in [0.3, 0.4) is 0 Å². The van der Waals surface area contributed by atoms with E-state index < -0.39 is 0 Å². The minimum Gasteiger partial charge on any atom is -0.294 e. The summed E-state index contributed by atoms with van der Waals surface area (Å²) >= 11 is 0. The van der Waals surface area contributed by atoms with Crippen LogP contribution in [0.4, 0.5) is 0 Å². The molecule has 0 unspecified atom stereocenters. The van der Waals surface area contributed by atoms with E-state index in [2.05, 4.69) is 11.6 Å². The Balaban J connectivity index is 4.61. The highest BCUT2D eigenvalue weighted by Crippen LogP contribution is 2.05. The molecule has 0 saturated carbocycles. The topological polar surface area (TPSA) is 29.4 Å². The van der Waals surface area contributed by atoms with Crippen LogP contribution in [0.2, 0.25) is 0 Å². The molecule has 0 amide bonds. The number of hydrogen-bond acceptors (Lipinski definition) is 2. The van der Waals surface area contributed by atoms with Crippen LogP contribution in [0.25, 0.3) is 0 Å². The standard InChI is InChI=1S/C17H23NO/c1-6-9-16(18-5)10-8-11-17(19)15(7-2)13-12-14(3)4/h6-10,12-13H,3,11H2,1-2,4-5H3/b9-6+,10-8-,13-12-,15-7+,18-16?. The van der Waals surface area contributed by atoms with Crippen molar-refractivity contribution in [3.05, 3.63) is 60.3 Å². The third kappa shape index (κ3) is 7.87. The molecule has 0 saturated heterocycles. The van der Waals surface area contributed by atoms with Gasteiger partial charge in [0.2, 0.25) is 0 Å². The van der Waals surface area contributed by atoms with Gasteiger partial charge in [0.05, 0.1) is 5.71 Å². The van der Waals surface area contributed by atoms with E-state index in [1.54, 1.807) is 13.1 Å². The van der Waals surface area contributed by atoms with Crippen LogP contribution in [-0.4, -0.2) is 18.5 Å². The van der Waals surface area contributed by atoms with Gasteiger partial charge in [0, 0.05) is 19.0 Å². The highest BCUT2D eigenvalue weighted by molar-refractivity contribution is 6.05. The number of ketones is 1. The predicted molar refractivity (Wildman–Crippen MR) is 84.6 cm³/mol. The van der Waals surface area contributed by atoms with Gasteiger partial charge in [-0.25, -0.2) is 0 Å². The highest BCUT2D eigenvalue weighted by atomic mass is 16.1. The van der Waals surface area contributed by atoms with Crippen molar-refractivity contribution < 1.29 is 4.79 Å². The van der Waals surface area contributed by atoms with Gasteiger partial charge < -0.3 is 0 Å². The zero-order valence-electron chi connectivity index (χ0n) is 12.3. The van der Waals surface area contributed by atoms with E-state index in [0.29, 0.717) is 12.0 Å². The lowest BCUT2D eigenvalue weighted by Crippen LogP contribution is -1.99. The molecular weight excluding hydrogens is 234 g/mol. The van der Waals surface area contributed by atoms with Crippen molar-refractivity contribution in [2.75, 3.05) is 7.05 Å². The van der Waals surface area contributed by atoms with E-state index >= 15 is 0 Å². The van der Waals surface area contributed by atoms with E-state index in [1.165, 1.54) is 0 Å². The molecular formula is C17H23NO. The zero-order chi connectivity index (χ0) is 14.7. The average molecular weight is 257 g/mol. The summed E-state index contributed by atoms with van der Waals surface area (Å²) in [6.45, 7) is 9.47. The summed E-state index contributed by atoms with van der Waals surface area (Å²) in [5, 5.41) is 0. The Bertz CT molecular complexity index is 460. The Hall–Kier alpha value is -1.96. The Morgan fingerprint density at radius 1 is 1.16 bits per heavy atom. The second kappa shape index (κ2) is 10.0. The molecule has 0 aromatic rings. The number of carbonyl (C=O) groups excluding carboxylic acids is 1. The molecule has 0 aliphatic rings. The average Bonchev–Trinajstić information content (AvgIpc) is 2.38. The van der Waals surface area contributed by atoms with E-state index in [-0.39, 0.29) is 5.78 Å². The monoisotopic (exact) mass is 257 g/mol. The van der Waals surface area contributed by atoms with Crippen LogP contribution in [0.1, 0.15) is 27.2 Å². The maximum Gasteiger partial charge on any atom is 0.166 e. The van der Waals surface area contributed by atoms with Gasteiger partial charge in [-0.15, -0.1) is 0 Å².